The smallest absolute Gasteiger partial charge is 0.166 e. The summed E-state index contributed by atoms with van der Waals surface area (Å²) in [6.45, 7) is 2.55. The Hall–Kier alpha value is -2.82. The van der Waals surface area contributed by atoms with E-state index in [9.17, 15) is 0 Å². The molecule has 0 atom stereocenters. The molecule has 0 saturated heterocycles. The molecule has 0 fully saturated rings. The molecule has 0 aliphatic carbocycles. The van der Waals surface area contributed by atoms with Gasteiger partial charge in [0.1, 0.15) is 12.1 Å². The van der Waals surface area contributed by atoms with Crippen LogP contribution in [0.5, 0.6) is 5.75 Å². The number of hydrogen-bond acceptors (Lipinski definition) is 4. The maximum Gasteiger partial charge on any atom is 0.166 e. The van der Waals surface area contributed by atoms with Crippen molar-refractivity contribution in [1.29, 1.82) is 0 Å². The molecule has 0 aliphatic heterocycles. The Kier molecular flexibility index (Phi) is 3.78. The fraction of sp³-hybridized carbons (Fsp3) is 0.176. The molecule has 0 amide bonds. The van der Waals surface area contributed by atoms with Crippen LogP contribution in [0.3, 0.4) is 0 Å². The van der Waals surface area contributed by atoms with E-state index in [0.717, 1.165) is 28.3 Å². The monoisotopic (exact) mass is 294 g/mol. The summed E-state index contributed by atoms with van der Waals surface area (Å²) in [6.07, 6.45) is 1.67. The molecule has 0 unspecified atom stereocenters. The molecule has 5 nitrogen and oxygen atoms in total. The molecule has 0 bridgehead atoms. The quantitative estimate of drug-likeness (QED) is 0.751. The minimum absolute atomic E-state index is 0.594. The van der Waals surface area contributed by atoms with Crippen molar-refractivity contribution in [1.82, 2.24) is 14.8 Å². The molecule has 3 rings (SSSR count). The predicted molar refractivity (Wildman–Crippen MR) is 87.5 cm³/mol. The number of anilines is 1. The van der Waals surface area contributed by atoms with E-state index in [1.165, 1.54) is 0 Å². The molecule has 22 heavy (non-hydrogen) atoms. The fourth-order valence-corrected chi connectivity index (χ4v) is 2.49. The van der Waals surface area contributed by atoms with E-state index in [2.05, 4.69) is 10.2 Å². The van der Waals surface area contributed by atoms with Gasteiger partial charge in [0.25, 0.3) is 0 Å². The third kappa shape index (κ3) is 2.53. The minimum Gasteiger partial charge on any atom is -0.494 e. The van der Waals surface area contributed by atoms with Gasteiger partial charge in [0, 0.05) is 18.8 Å². The topological polar surface area (TPSA) is 66.0 Å². The Morgan fingerprint density at radius 1 is 1.18 bits per heavy atom. The van der Waals surface area contributed by atoms with Crippen LogP contribution in [-0.4, -0.2) is 21.4 Å². The van der Waals surface area contributed by atoms with Crippen molar-refractivity contribution in [3.05, 3.63) is 48.8 Å². The van der Waals surface area contributed by atoms with Gasteiger partial charge >= 0.3 is 0 Å². The summed E-state index contributed by atoms with van der Waals surface area (Å²) in [4.78, 5) is 0. The first kappa shape index (κ1) is 14.1. The second-order valence-electron chi connectivity index (χ2n) is 5.00. The lowest BCUT2D eigenvalue weighted by Crippen LogP contribution is -2.01. The third-order valence-electron chi connectivity index (χ3n) is 3.47. The van der Waals surface area contributed by atoms with Gasteiger partial charge in [-0.3, -0.25) is 0 Å². The number of aromatic nitrogens is 3. The summed E-state index contributed by atoms with van der Waals surface area (Å²) < 4.78 is 7.49. The lowest BCUT2D eigenvalue weighted by molar-refractivity contribution is 0.340. The van der Waals surface area contributed by atoms with Crippen LogP contribution in [0, 0.1) is 0 Å². The molecule has 0 aliphatic rings. The lowest BCUT2D eigenvalue weighted by atomic mass is 9.97. The molecular weight excluding hydrogens is 276 g/mol. The summed E-state index contributed by atoms with van der Waals surface area (Å²) in [5, 5.41) is 8.16. The number of rotatable bonds is 4. The molecule has 1 heterocycles. The first-order valence-electron chi connectivity index (χ1n) is 7.16. The summed E-state index contributed by atoms with van der Waals surface area (Å²) in [5.41, 5.74) is 9.83. The molecule has 1 aromatic heterocycles. The van der Waals surface area contributed by atoms with E-state index >= 15 is 0 Å². The number of hydrogen-bond donors (Lipinski definition) is 1. The molecule has 3 aromatic rings. The Morgan fingerprint density at radius 2 is 1.95 bits per heavy atom. The highest BCUT2D eigenvalue weighted by atomic mass is 16.5. The van der Waals surface area contributed by atoms with Gasteiger partial charge < -0.3 is 15.0 Å². The third-order valence-corrected chi connectivity index (χ3v) is 3.47. The van der Waals surface area contributed by atoms with Crippen LogP contribution in [0.15, 0.2) is 48.8 Å². The second kappa shape index (κ2) is 5.89. The molecule has 0 spiro atoms. The first-order chi connectivity index (χ1) is 10.7. The number of benzene rings is 2. The highest BCUT2D eigenvalue weighted by molar-refractivity contribution is 5.89. The van der Waals surface area contributed by atoms with E-state index in [0.29, 0.717) is 12.3 Å². The van der Waals surface area contributed by atoms with Crippen LogP contribution in [0.4, 0.5) is 5.69 Å². The van der Waals surface area contributed by atoms with Crippen LogP contribution >= 0.6 is 0 Å². The Morgan fingerprint density at radius 3 is 2.59 bits per heavy atom. The molecule has 0 radical (unpaired) electrons. The van der Waals surface area contributed by atoms with Gasteiger partial charge in [-0.25, -0.2) is 0 Å². The van der Waals surface area contributed by atoms with Gasteiger partial charge in [-0.05, 0) is 24.1 Å². The standard InChI is InChI=1S/C17H18N4O/c1-3-22-13-9-14(12-7-5-4-6-8-12)16(15(18)10-13)17-20-19-11-21(17)2/h4-11H,3,18H2,1-2H3. The number of nitrogens with two attached hydrogens (primary N) is 1. The molecule has 2 aromatic carbocycles. The Balaban J connectivity index is 2.26. The minimum atomic E-state index is 0.594. The van der Waals surface area contributed by atoms with Gasteiger partial charge in [0.05, 0.1) is 12.2 Å². The van der Waals surface area contributed by atoms with Crippen molar-refractivity contribution in [2.45, 2.75) is 6.92 Å². The van der Waals surface area contributed by atoms with Crippen LogP contribution in [0.2, 0.25) is 0 Å². The van der Waals surface area contributed by atoms with Crippen molar-refractivity contribution in [3.63, 3.8) is 0 Å². The fourth-order valence-electron chi connectivity index (χ4n) is 2.49. The van der Waals surface area contributed by atoms with Crippen LogP contribution in [0.1, 0.15) is 6.92 Å². The number of aryl methyl sites for hydroxylation is 1. The van der Waals surface area contributed by atoms with Crippen LogP contribution in [0.25, 0.3) is 22.5 Å². The maximum atomic E-state index is 6.29. The van der Waals surface area contributed by atoms with E-state index < -0.39 is 0 Å². The van der Waals surface area contributed by atoms with E-state index in [-0.39, 0.29) is 0 Å². The van der Waals surface area contributed by atoms with Crippen molar-refractivity contribution in [3.8, 4) is 28.3 Å². The molecule has 5 heteroatoms. The van der Waals surface area contributed by atoms with Gasteiger partial charge in [-0.2, -0.15) is 0 Å². The van der Waals surface area contributed by atoms with Gasteiger partial charge in [-0.1, -0.05) is 30.3 Å². The van der Waals surface area contributed by atoms with Crippen molar-refractivity contribution >= 4 is 5.69 Å². The summed E-state index contributed by atoms with van der Waals surface area (Å²) in [6, 6.07) is 13.9. The zero-order chi connectivity index (χ0) is 15.5. The van der Waals surface area contributed by atoms with Crippen LogP contribution < -0.4 is 10.5 Å². The van der Waals surface area contributed by atoms with E-state index in [1.54, 1.807) is 6.33 Å². The SMILES string of the molecule is CCOc1cc(N)c(-c2nncn2C)c(-c2ccccc2)c1. The number of ether oxygens (including phenoxy) is 1. The van der Waals surface area contributed by atoms with Crippen molar-refractivity contribution in [2.75, 3.05) is 12.3 Å². The summed E-state index contributed by atoms with van der Waals surface area (Å²) >= 11 is 0. The zero-order valence-electron chi connectivity index (χ0n) is 12.7. The maximum absolute atomic E-state index is 6.29. The average molecular weight is 294 g/mol. The summed E-state index contributed by atoms with van der Waals surface area (Å²) in [7, 11) is 1.90. The average Bonchev–Trinajstić information content (AvgIpc) is 2.94. The van der Waals surface area contributed by atoms with E-state index in [1.807, 2.05) is 61.0 Å². The molecular formula is C17H18N4O. The first-order valence-corrected chi connectivity index (χ1v) is 7.16. The molecule has 112 valence electrons. The van der Waals surface area contributed by atoms with Gasteiger partial charge in [0.15, 0.2) is 5.82 Å². The van der Waals surface area contributed by atoms with Crippen molar-refractivity contribution < 1.29 is 4.74 Å². The van der Waals surface area contributed by atoms with Gasteiger partial charge in [0.2, 0.25) is 0 Å². The highest BCUT2D eigenvalue weighted by Crippen LogP contribution is 2.38. The molecule has 2 N–H and O–H groups in total. The largest absolute Gasteiger partial charge is 0.494 e. The Labute approximate surface area is 129 Å². The normalized spacial score (nSPS) is 10.6. The second-order valence-corrected chi connectivity index (χ2v) is 5.00. The van der Waals surface area contributed by atoms with Gasteiger partial charge in [-0.15, -0.1) is 10.2 Å². The summed E-state index contributed by atoms with van der Waals surface area (Å²) in [5.74, 6) is 1.49. The Bertz CT molecular complexity index is 781. The van der Waals surface area contributed by atoms with Crippen LogP contribution in [-0.2, 0) is 7.05 Å². The predicted octanol–water partition coefficient (Wildman–Crippen LogP) is 3.13. The lowest BCUT2D eigenvalue weighted by Gasteiger charge is -2.15. The highest BCUT2D eigenvalue weighted by Gasteiger charge is 2.17. The zero-order valence-corrected chi connectivity index (χ0v) is 12.7. The number of nitrogens with zero attached hydrogens (tertiary/aromatic N) is 3. The molecule has 0 saturated carbocycles. The van der Waals surface area contributed by atoms with E-state index in [4.69, 9.17) is 10.5 Å². The number of nitrogen functional groups attached to an aromatic ring is 1. The van der Waals surface area contributed by atoms with Crippen molar-refractivity contribution in [2.24, 2.45) is 7.05 Å².